The van der Waals surface area contributed by atoms with Crippen molar-refractivity contribution in [3.05, 3.63) is 0 Å². The lowest BCUT2D eigenvalue weighted by molar-refractivity contribution is -0.135. The van der Waals surface area contributed by atoms with Crippen molar-refractivity contribution in [2.24, 2.45) is 16.8 Å². The fourth-order valence-corrected chi connectivity index (χ4v) is 4.91. The zero-order chi connectivity index (χ0) is 19.8. The summed E-state index contributed by atoms with van der Waals surface area (Å²) in [4.78, 5) is 22.1. The molecule has 0 bridgehead atoms. The quantitative estimate of drug-likeness (QED) is 0.539. The molecule has 3 rings (SSSR count). The first kappa shape index (κ1) is 21.4. The number of carbonyl (C=O) groups is 1. The monoisotopic (exact) mass is 391 g/mol. The zero-order valence-electron chi connectivity index (χ0n) is 18.1. The maximum absolute atomic E-state index is 12.8. The predicted molar refractivity (Wildman–Crippen MR) is 116 cm³/mol. The Balaban J connectivity index is 1.42. The van der Waals surface area contributed by atoms with Crippen LogP contribution in [0.15, 0.2) is 4.99 Å². The third-order valence-electron chi connectivity index (χ3n) is 6.78. The second-order valence-corrected chi connectivity index (χ2v) is 9.05. The van der Waals surface area contributed by atoms with E-state index in [4.69, 9.17) is 4.99 Å². The van der Waals surface area contributed by atoms with Crippen LogP contribution in [0.4, 0.5) is 0 Å². The number of rotatable bonds is 6. The summed E-state index contributed by atoms with van der Waals surface area (Å²) in [7, 11) is 2.21. The van der Waals surface area contributed by atoms with Gasteiger partial charge in [-0.2, -0.15) is 0 Å². The molecule has 2 aliphatic heterocycles. The summed E-state index contributed by atoms with van der Waals surface area (Å²) in [5.41, 5.74) is 0. The number of nitrogens with zero attached hydrogens (tertiary/aromatic N) is 3. The first-order valence-corrected chi connectivity index (χ1v) is 11.7. The second kappa shape index (κ2) is 11.0. The zero-order valence-corrected chi connectivity index (χ0v) is 18.1. The largest absolute Gasteiger partial charge is 0.357 e. The highest BCUT2D eigenvalue weighted by Crippen LogP contribution is 2.26. The number of amides is 1. The Morgan fingerprint density at radius 1 is 1.04 bits per heavy atom. The van der Waals surface area contributed by atoms with E-state index >= 15 is 0 Å². The van der Waals surface area contributed by atoms with Crippen LogP contribution >= 0.6 is 0 Å². The molecule has 0 aromatic carbocycles. The summed E-state index contributed by atoms with van der Waals surface area (Å²) >= 11 is 0. The van der Waals surface area contributed by atoms with Crippen LogP contribution in [0, 0.1) is 11.8 Å². The molecular formula is C22H41N5O. The topological polar surface area (TPSA) is 60.0 Å². The molecule has 2 saturated heterocycles. The van der Waals surface area contributed by atoms with Crippen molar-refractivity contribution in [2.75, 3.05) is 46.3 Å². The Bertz CT molecular complexity index is 509. The third kappa shape index (κ3) is 6.36. The molecule has 2 heterocycles. The van der Waals surface area contributed by atoms with Gasteiger partial charge in [-0.05, 0) is 71.5 Å². The van der Waals surface area contributed by atoms with Crippen LogP contribution in [0.2, 0.25) is 0 Å². The van der Waals surface area contributed by atoms with E-state index < -0.39 is 0 Å². The fraction of sp³-hybridized carbons (Fsp3) is 0.909. The maximum Gasteiger partial charge on any atom is 0.225 e. The van der Waals surface area contributed by atoms with Crippen LogP contribution in [0.5, 0.6) is 0 Å². The molecule has 0 aromatic heterocycles. The van der Waals surface area contributed by atoms with Crippen molar-refractivity contribution in [3.63, 3.8) is 0 Å². The second-order valence-electron chi connectivity index (χ2n) is 9.05. The molecule has 3 fully saturated rings. The number of nitrogens with one attached hydrogen (secondary N) is 2. The van der Waals surface area contributed by atoms with Crippen molar-refractivity contribution < 1.29 is 4.79 Å². The Morgan fingerprint density at radius 2 is 1.79 bits per heavy atom. The Kier molecular flexibility index (Phi) is 8.44. The molecule has 6 nitrogen and oxygen atoms in total. The van der Waals surface area contributed by atoms with Crippen molar-refractivity contribution in [1.29, 1.82) is 0 Å². The first-order chi connectivity index (χ1) is 13.7. The average molecular weight is 392 g/mol. The van der Waals surface area contributed by atoms with Gasteiger partial charge in [-0.1, -0.05) is 19.3 Å². The van der Waals surface area contributed by atoms with Crippen molar-refractivity contribution in [3.8, 4) is 0 Å². The molecule has 6 heteroatoms. The number of aliphatic imine (C=N–C) groups is 1. The van der Waals surface area contributed by atoms with Gasteiger partial charge in [0.15, 0.2) is 5.96 Å². The highest BCUT2D eigenvalue weighted by Gasteiger charge is 2.31. The van der Waals surface area contributed by atoms with Crippen LogP contribution in [0.25, 0.3) is 0 Å². The lowest BCUT2D eigenvalue weighted by Gasteiger charge is -2.28. The van der Waals surface area contributed by atoms with Gasteiger partial charge in [-0.15, -0.1) is 0 Å². The minimum absolute atomic E-state index is 0.281. The van der Waals surface area contributed by atoms with Gasteiger partial charge in [-0.3, -0.25) is 9.79 Å². The molecule has 1 saturated carbocycles. The molecule has 1 unspecified atom stereocenters. The lowest BCUT2D eigenvalue weighted by Crippen LogP contribution is -2.45. The molecule has 160 valence electrons. The number of piperidine rings is 1. The van der Waals surface area contributed by atoms with E-state index in [9.17, 15) is 4.79 Å². The average Bonchev–Trinajstić information content (AvgIpc) is 3.18. The molecule has 0 spiro atoms. The van der Waals surface area contributed by atoms with E-state index in [1.165, 1.54) is 51.6 Å². The van der Waals surface area contributed by atoms with E-state index in [2.05, 4.69) is 34.4 Å². The van der Waals surface area contributed by atoms with Crippen LogP contribution in [0.3, 0.4) is 0 Å². The molecule has 28 heavy (non-hydrogen) atoms. The van der Waals surface area contributed by atoms with Crippen molar-refractivity contribution >= 4 is 11.9 Å². The van der Waals surface area contributed by atoms with Crippen LogP contribution < -0.4 is 10.6 Å². The number of hydrogen-bond acceptors (Lipinski definition) is 3. The molecule has 1 atom stereocenters. The normalized spacial score (nSPS) is 25.9. The molecule has 3 aliphatic rings. The Hall–Kier alpha value is -1.30. The summed E-state index contributed by atoms with van der Waals surface area (Å²) in [6, 6.07) is 0.327. The van der Waals surface area contributed by atoms with E-state index in [0.29, 0.717) is 11.9 Å². The first-order valence-electron chi connectivity index (χ1n) is 11.7. The molecule has 0 aromatic rings. The Labute approximate surface area is 171 Å². The van der Waals surface area contributed by atoms with Gasteiger partial charge in [0.05, 0.1) is 0 Å². The summed E-state index contributed by atoms with van der Waals surface area (Å²) in [6.07, 6.45) is 10.7. The van der Waals surface area contributed by atoms with Gasteiger partial charge < -0.3 is 20.4 Å². The number of carbonyl (C=O) groups excluding carboxylic acids is 1. The summed E-state index contributed by atoms with van der Waals surface area (Å²) in [5, 5.41) is 6.98. The smallest absolute Gasteiger partial charge is 0.225 e. The van der Waals surface area contributed by atoms with Crippen LogP contribution in [0.1, 0.15) is 64.7 Å². The van der Waals surface area contributed by atoms with Gasteiger partial charge in [0.25, 0.3) is 0 Å². The number of hydrogen-bond donors (Lipinski definition) is 2. The van der Waals surface area contributed by atoms with Gasteiger partial charge >= 0.3 is 0 Å². The SMILES string of the molecule is CCNC(=NCCC1CCN(C)CC1)NC1CCN(C(=O)C2CCCCC2)C1. The maximum atomic E-state index is 12.8. The molecule has 0 radical (unpaired) electrons. The standard InChI is InChI=1S/C22H41N5O/c1-3-23-22(24-13-9-18-10-14-26(2)15-11-18)25-20-12-16-27(17-20)21(28)19-7-5-4-6-8-19/h18-20H,3-17H2,1-2H3,(H2,23,24,25). The van der Waals surface area contributed by atoms with Gasteiger partial charge in [0.2, 0.25) is 5.91 Å². The van der Waals surface area contributed by atoms with E-state index in [1.54, 1.807) is 0 Å². The molecule has 1 amide bonds. The highest BCUT2D eigenvalue weighted by atomic mass is 16.2. The highest BCUT2D eigenvalue weighted by molar-refractivity contribution is 5.81. The number of guanidine groups is 1. The van der Waals surface area contributed by atoms with Crippen molar-refractivity contribution in [1.82, 2.24) is 20.4 Å². The predicted octanol–water partition coefficient (Wildman–Crippen LogP) is 2.45. The van der Waals surface area contributed by atoms with Gasteiger partial charge in [0.1, 0.15) is 0 Å². The third-order valence-corrected chi connectivity index (χ3v) is 6.78. The van der Waals surface area contributed by atoms with E-state index in [-0.39, 0.29) is 5.92 Å². The summed E-state index contributed by atoms with van der Waals surface area (Å²) in [5.74, 6) is 2.42. The molecule has 1 aliphatic carbocycles. The minimum Gasteiger partial charge on any atom is -0.357 e. The Morgan fingerprint density at radius 3 is 2.50 bits per heavy atom. The van der Waals surface area contributed by atoms with Gasteiger partial charge in [0, 0.05) is 38.1 Å². The van der Waals surface area contributed by atoms with E-state index in [0.717, 1.165) is 57.3 Å². The van der Waals surface area contributed by atoms with Crippen LogP contribution in [-0.4, -0.2) is 74.0 Å². The number of likely N-dealkylation sites (tertiary alicyclic amines) is 2. The summed E-state index contributed by atoms with van der Waals surface area (Å²) < 4.78 is 0. The van der Waals surface area contributed by atoms with Crippen LogP contribution in [-0.2, 0) is 4.79 Å². The molecular weight excluding hydrogens is 350 g/mol. The minimum atomic E-state index is 0.281. The fourth-order valence-electron chi connectivity index (χ4n) is 4.91. The van der Waals surface area contributed by atoms with Gasteiger partial charge in [-0.25, -0.2) is 0 Å². The molecule has 2 N–H and O–H groups in total. The summed E-state index contributed by atoms with van der Waals surface area (Å²) in [6.45, 7) is 8.04. The lowest BCUT2D eigenvalue weighted by atomic mass is 9.88. The van der Waals surface area contributed by atoms with E-state index in [1.807, 2.05) is 0 Å². The van der Waals surface area contributed by atoms with Crippen molar-refractivity contribution in [2.45, 2.75) is 70.8 Å².